The first kappa shape index (κ1) is 24.0. The maximum Gasteiger partial charge on any atom is 0.258 e. The zero-order valence-electron chi connectivity index (χ0n) is 19.7. The second-order valence-corrected chi connectivity index (χ2v) is 8.83. The first-order valence-electron chi connectivity index (χ1n) is 11.1. The number of phenolic OH excluding ortho intramolecular Hbond substituents is 1. The minimum atomic E-state index is -0.298. The molecule has 0 aliphatic carbocycles. The largest absolute Gasteiger partial charge is 0.506 e. The highest BCUT2D eigenvalue weighted by Gasteiger charge is 2.19. The van der Waals surface area contributed by atoms with Crippen LogP contribution >= 0.6 is 11.6 Å². The zero-order chi connectivity index (χ0) is 25.1. The van der Waals surface area contributed by atoms with Crippen LogP contribution in [0.15, 0.2) is 84.9 Å². The Hall–Kier alpha value is -4.09. The fraction of sp³-hybridized carbons (Fsp3) is 0.103. The molecule has 6 heteroatoms. The third-order valence-corrected chi connectivity index (χ3v) is 6.09. The van der Waals surface area contributed by atoms with E-state index in [0.29, 0.717) is 27.5 Å². The molecule has 0 atom stereocenters. The quantitative estimate of drug-likeness (QED) is 0.325. The summed E-state index contributed by atoms with van der Waals surface area (Å²) in [6, 6.07) is 25.2. The van der Waals surface area contributed by atoms with Gasteiger partial charge in [0, 0.05) is 35.0 Å². The van der Waals surface area contributed by atoms with Gasteiger partial charge in [0.2, 0.25) is 0 Å². The molecule has 176 valence electrons. The number of amides is 2. The van der Waals surface area contributed by atoms with Crippen LogP contribution in [0.3, 0.4) is 0 Å². The highest BCUT2D eigenvalue weighted by molar-refractivity contribution is 6.30. The van der Waals surface area contributed by atoms with Gasteiger partial charge in [-0.2, -0.15) is 0 Å². The van der Waals surface area contributed by atoms with E-state index in [2.05, 4.69) is 5.32 Å². The lowest BCUT2D eigenvalue weighted by atomic mass is 9.98. The van der Waals surface area contributed by atoms with Gasteiger partial charge >= 0.3 is 0 Å². The number of aryl methyl sites for hydroxylation is 2. The lowest BCUT2D eigenvalue weighted by molar-refractivity contribution is 0.0991. The maximum absolute atomic E-state index is 13.2. The molecular formula is C29H25ClN2O3. The minimum Gasteiger partial charge on any atom is -0.506 e. The van der Waals surface area contributed by atoms with Crippen molar-refractivity contribution in [1.82, 2.24) is 0 Å². The van der Waals surface area contributed by atoms with E-state index in [-0.39, 0.29) is 17.6 Å². The van der Waals surface area contributed by atoms with E-state index in [9.17, 15) is 14.7 Å². The molecular weight excluding hydrogens is 460 g/mol. The molecule has 0 saturated carbocycles. The number of halogens is 1. The molecule has 0 aromatic heterocycles. The normalized spacial score (nSPS) is 10.6. The Morgan fingerprint density at radius 3 is 2.29 bits per heavy atom. The van der Waals surface area contributed by atoms with E-state index in [1.165, 1.54) is 11.0 Å². The van der Waals surface area contributed by atoms with Gasteiger partial charge in [-0.05, 0) is 66.9 Å². The summed E-state index contributed by atoms with van der Waals surface area (Å²) < 4.78 is 0. The SMILES string of the molecule is Cc1ccc(-c2ccccc2C(=O)Nc2ccc(C(=O)N(C)c3ccc(Cl)cc3O)cc2C)cc1. The van der Waals surface area contributed by atoms with Crippen LogP contribution in [0.4, 0.5) is 11.4 Å². The number of anilines is 2. The van der Waals surface area contributed by atoms with Gasteiger partial charge in [0.1, 0.15) is 5.75 Å². The first-order valence-corrected chi connectivity index (χ1v) is 11.5. The van der Waals surface area contributed by atoms with Crippen molar-refractivity contribution in [3.63, 3.8) is 0 Å². The lowest BCUT2D eigenvalue weighted by Crippen LogP contribution is -2.26. The predicted octanol–water partition coefficient (Wildman–Crippen LogP) is 6.86. The number of hydrogen-bond acceptors (Lipinski definition) is 3. The van der Waals surface area contributed by atoms with E-state index in [1.54, 1.807) is 43.4 Å². The van der Waals surface area contributed by atoms with Gasteiger partial charge in [0.15, 0.2) is 0 Å². The molecule has 35 heavy (non-hydrogen) atoms. The molecule has 4 aromatic carbocycles. The van der Waals surface area contributed by atoms with Crippen molar-refractivity contribution >= 4 is 34.8 Å². The van der Waals surface area contributed by atoms with Crippen molar-refractivity contribution < 1.29 is 14.7 Å². The Bertz CT molecular complexity index is 1410. The van der Waals surface area contributed by atoms with Gasteiger partial charge in [-0.15, -0.1) is 0 Å². The van der Waals surface area contributed by atoms with Crippen molar-refractivity contribution in [2.75, 3.05) is 17.3 Å². The highest BCUT2D eigenvalue weighted by Crippen LogP contribution is 2.31. The van der Waals surface area contributed by atoms with Gasteiger partial charge in [-0.1, -0.05) is 59.6 Å². The summed E-state index contributed by atoms with van der Waals surface area (Å²) in [7, 11) is 1.58. The van der Waals surface area contributed by atoms with Crippen LogP contribution in [-0.2, 0) is 0 Å². The van der Waals surface area contributed by atoms with E-state index in [0.717, 1.165) is 22.3 Å². The number of carbonyl (C=O) groups excluding carboxylic acids is 2. The average molecular weight is 485 g/mol. The van der Waals surface area contributed by atoms with Gasteiger partial charge in [-0.3, -0.25) is 9.59 Å². The van der Waals surface area contributed by atoms with E-state index < -0.39 is 0 Å². The standard InChI is InChI=1S/C29H25ClN2O3/c1-18-8-10-20(11-9-18)23-6-4-5-7-24(23)28(34)31-25-14-12-21(16-19(25)2)29(35)32(3)26-15-13-22(30)17-27(26)33/h4-17,33H,1-3H3,(H,31,34). The van der Waals surface area contributed by atoms with Crippen LogP contribution in [-0.4, -0.2) is 24.0 Å². The van der Waals surface area contributed by atoms with Gasteiger partial charge in [-0.25, -0.2) is 0 Å². The summed E-state index contributed by atoms with van der Waals surface area (Å²) in [5.74, 6) is -0.610. The molecule has 0 spiro atoms. The Morgan fingerprint density at radius 1 is 0.886 bits per heavy atom. The molecule has 0 aliphatic rings. The number of hydrogen-bond donors (Lipinski definition) is 2. The van der Waals surface area contributed by atoms with E-state index in [4.69, 9.17) is 11.6 Å². The molecule has 0 fully saturated rings. The molecule has 0 bridgehead atoms. The second-order valence-electron chi connectivity index (χ2n) is 8.39. The monoisotopic (exact) mass is 484 g/mol. The number of carbonyl (C=O) groups is 2. The fourth-order valence-electron chi connectivity index (χ4n) is 3.88. The third-order valence-electron chi connectivity index (χ3n) is 5.86. The molecule has 2 amide bonds. The smallest absolute Gasteiger partial charge is 0.258 e. The predicted molar refractivity (Wildman–Crippen MR) is 142 cm³/mol. The summed E-state index contributed by atoms with van der Waals surface area (Å²) in [6.45, 7) is 3.85. The highest BCUT2D eigenvalue weighted by atomic mass is 35.5. The van der Waals surface area contributed by atoms with Gasteiger partial charge < -0.3 is 15.3 Å². The molecule has 4 rings (SSSR count). The molecule has 2 N–H and O–H groups in total. The van der Waals surface area contributed by atoms with Crippen LogP contribution in [0.25, 0.3) is 11.1 Å². The maximum atomic E-state index is 13.2. The molecule has 0 radical (unpaired) electrons. The number of phenols is 1. The van der Waals surface area contributed by atoms with Crippen LogP contribution in [0, 0.1) is 13.8 Å². The van der Waals surface area contributed by atoms with Gasteiger partial charge in [0.25, 0.3) is 11.8 Å². The van der Waals surface area contributed by atoms with Crippen LogP contribution in [0.5, 0.6) is 5.75 Å². The van der Waals surface area contributed by atoms with Crippen molar-refractivity contribution in [1.29, 1.82) is 0 Å². The number of nitrogens with one attached hydrogen (secondary N) is 1. The van der Waals surface area contributed by atoms with E-state index >= 15 is 0 Å². The molecule has 4 aromatic rings. The fourth-order valence-corrected chi connectivity index (χ4v) is 4.04. The van der Waals surface area contributed by atoms with Crippen molar-refractivity contribution in [3.05, 3.63) is 112 Å². The summed E-state index contributed by atoms with van der Waals surface area (Å²) in [5.41, 5.74) is 5.66. The number of benzene rings is 4. The second kappa shape index (κ2) is 10.0. The number of aromatic hydroxyl groups is 1. The molecule has 0 saturated heterocycles. The van der Waals surface area contributed by atoms with E-state index in [1.807, 2.05) is 56.3 Å². The van der Waals surface area contributed by atoms with Crippen LogP contribution in [0.2, 0.25) is 5.02 Å². The summed E-state index contributed by atoms with van der Waals surface area (Å²) in [5, 5.41) is 13.5. The van der Waals surface area contributed by atoms with Gasteiger partial charge in [0.05, 0.1) is 5.69 Å². The topological polar surface area (TPSA) is 69.6 Å². The van der Waals surface area contributed by atoms with Crippen molar-refractivity contribution in [2.45, 2.75) is 13.8 Å². The molecule has 5 nitrogen and oxygen atoms in total. The zero-order valence-corrected chi connectivity index (χ0v) is 20.4. The van der Waals surface area contributed by atoms with Crippen LogP contribution < -0.4 is 10.2 Å². The van der Waals surface area contributed by atoms with Crippen molar-refractivity contribution in [3.8, 4) is 16.9 Å². The molecule has 0 heterocycles. The molecule has 0 aliphatic heterocycles. The first-order chi connectivity index (χ1) is 16.7. The Morgan fingerprint density at radius 2 is 1.60 bits per heavy atom. The summed E-state index contributed by atoms with van der Waals surface area (Å²) in [4.78, 5) is 27.5. The minimum absolute atomic E-state index is 0.0822. The Labute approximate surface area is 209 Å². The third kappa shape index (κ3) is 5.20. The summed E-state index contributed by atoms with van der Waals surface area (Å²) in [6.07, 6.45) is 0. The Balaban J connectivity index is 1.56. The van der Waals surface area contributed by atoms with Crippen molar-refractivity contribution in [2.24, 2.45) is 0 Å². The number of rotatable bonds is 5. The lowest BCUT2D eigenvalue weighted by Gasteiger charge is -2.19. The molecule has 0 unspecified atom stereocenters. The number of nitrogens with zero attached hydrogens (tertiary/aromatic N) is 1. The summed E-state index contributed by atoms with van der Waals surface area (Å²) >= 11 is 5.89. The Kier molecular flexibility index (Phi) is 6.90. The van der Waals surface area contributed by atoms with Crippen LogP contribution in [0.1, 0.15) is 31.8 Å². The average Bonchev–Trinajstić information content (AvgIpc) is 2.85.